The summed E-state index contributed by atoms with van der Waals surface area (Å²) in [4.78, 5) is 12.7. The number of carbonyl (C=O) groups is 1. The Morgan fingerprint density at radius 2 is 1.58 bits per heavy atom. The molecule has 192 valence electrons. The molecular weight excluding hydrogens is 452 g/mol. The minimum atomic E-state index is -0.514. The molecule has 1 unspecified atom stereocenters. The van der Waals surface area contributed by atoms with Crippen molar-refractivity contribution in [3.63, 3.8) is 0 Å². The molecule has 3 aromatic rings. The molecule has 0 spiro atoms. The Bertz CT molecular complexity index is 1180. The Hall–Kier alpha value is -3.27. The Morgan fingerprint density at radius 3 is 2.14 bits per heavy atom. The zero-order chi connectivity index (χ0) is 26.8. The van der Waals surface area contributed by atoms with Crippen molar-refractivity contribution in [2.24, 2.45) is 5.92 Å². The van der Waals surface area contributed by atoms with Gasteiger partial charge in [-0.15, -0.1) is 0 Å². The second kappa shape index (κ2) is 13.7. The number of amides is 1. The van der Waals surface area contributed by atoms with Gasteiger partial charge in [-0.1, -0.05) is 68.8 Å². The van der Waals surface area contributed by atoms with Crippen LogP contribution >= 0.6 is 0 Å². The second-order valence-electron chi connectivity index (χ2n) is 9.83. The number of halogens is 2. The van der Waals surface area contributed by atoms with Gasteiger partial charge in [0.05, 0.1) is 6.04 Å². The minimum absolute atomic E-state index is 0.0199. The van der Waals surface area contributed by atoms with Crippen LogP contribution in [0.1, 0.15) is 86.6 Å². The van der Waals surface area contributed by atoms with Crippen molar-refractivity contribution in [2.45, 2.75) is 67.3 Å². The maximum absolute atomic E-state index is 13.0. The molecule has 36 heavy (non-hydrogen) atoms. The van der Waals surface area contributed by atoms with Crippen LogP contribution < -0.4 is 5.32 Å². The zero-order valence-corrected chi connectivity index (χ0v) is 22.6. The Morgan fingerprint density at radius 1 is 0.917 bits per heavy atom. The first-order chi connectivity index (χ1) is 17.0. The monoisotopic (exact) mass is 491 g/mol. The molecule has 0 saturated heterocycles. The van der Waals surface area contributed by atoms with Gasteiger partial charge in [-0.3, -0.25) is 4.79 Å². The summed E-state index contributed by atoms with van der Waals surface area (Å²) < 4.78 is 25.4. The maximum atomic E-state index is 13.0. The first-order valence-electron chi connectivity index (χ1n) is 12.6. The van der Waals surface area contributed by atoms with Crippen LogP contribution in [0.5, 0.6) is 0 Å². The van der Waals surface area contributed by atoms with E-state index in [0.717, 1.165) is 23.6 Å². The molecule has 0 aliphatic rings. The van der Waals surface area contributed by atoms with E-state index in [2.05, 4.69) is 52.1 Å². The quantitative estimate of drug-likeness (QED) is 0.351. The Labute approximate surface area is 215 Å². The SMILES string of the molecule is CC(C)Cc1ccc(F)cc1F.CCC(NC(=O)c1ccc(C)c(C(C)=C(C)C)c1)c1ccccc1. The molecule has 1 atom stereocenters. The van der Waals surface area contributed by atoms with Gasteiger partial charge >= 0.3 is 0 Å². The standard InChI is InChI=1S/C22H27NO.C10H12F2/c1-6-21(18-10-8-7-9-11-18)23-22(24)19-13-12-16(4)20(14-19)17(5)15(2)3;1-7(2)5-8-3-4-9(11)6-10(8)12/h7-14,21H,6H2,1-5H3,(H,23,24);3-4,6-7H,5H2,1-2H3. The van der Waals surface area contributed by atoms with E-state index in [1.807, 2.05) is 50.2 Å². The summed E-state index contributed by atoms with van der Waals surface area (Å²) >= 11 is 0. The van der Waals surface area contributed by atoms with Gasteiger partial charge in [-0.05, 0) is 92.5 Å². The molecule has 0 aliphatic carbocycles. The lowest BCUT2D eigenvalue weighted by molar-refractivity contribution is 0.0935. The van der Waals surface area contributed by atoms with Crippen molar-refractivity contribution in [1.82, 2.24) is 5.32 Å². The van der Waals surface area contributed by atoms with E-state index in [1.54, 1.807) is 0 Å². The van der Waals surface area contributed by atoms with E-state index < -0.39 is 11.6 Å². The number of aryl methyl sites for hydroxylation is 1. The van der Waals surface area contributed by atoms with Gasteiger partial charge in [0, 0.05) is 11.6 Å². The lowest BCUT2D eigenvalue weighted by Gasteiger charge is -2.18. The molecule has 1 amide bonds. The van der Waals surface area contributed by atoms with E-state index in [9.17, 15) is 13.6 Å². The van der Waals surface area contributed by atoms with Gasteiger partial charge in [-0.2, -0.15) is 0 Å². The molecule has 0 bridgehead atoms. The van der Waals surface area contributed by atoms with Crippen molar-refractivity contribution in [3.05, 3.63) is 112 Å². The number of benzene rings is 3. The summed E-state index contributed by atoms with van der Waals surface area (Å²) in [6, 6.07) is 19.8. The molecule has 0 saturated carbocycles. The van der Waals surface area contributed by atoms with Crippen LogP contribution in [0.15, 0.2) is 72.3 Å². The van der Waals surface area contributed by atoms with Crippen LogP contribution in [-0.4, -0.2) is 5.91 Å². The number of hydrogen-bond donors (Lipinski definition) is 1. The van der Waals surface area contributed by atoms with Gasteiger partial charge in [0.1, 0.15) is 11.6 Å². The van der Waals surface area contributed by atoms with Gasteiger partial charge in [0.15, 0.2) is 0 Å². The van der Waals surface area contributed by atoms with Crippen molar-refractivity contribution < 1.29 is 13.6 Å². The smallest absolute Gasteiger partial charge is 0.251 e. The van der Waals surface area contributed by atoms with Crippen LogP contribution in [0.4, 0.5) is 8.78 Å². The summed E-state index contributed by atoms with van der Waals surface area (Å²) in [5.74, 6) is -0.581. The molecular formula is C32H39F2NO. The molecule has 0 aromatic heterocycles. The van der Waals surface area contributed by atoms with Crippen molar-refractivity contribution in [2.75, 3.05) is 0 Å². The third-order valence-corrected chi connectivity index (χ3v) is 6.21. The zero-order valence-electron chi connectivity index (χ0n) is 22.6. The van der Waals surface area contributed by atoms with Crippen LogP contribution in [0.2, 0.25) is 0 Å². The second-order valence-corrected chi connectivity index (χ2v) is 9.83. The largest absolute Gasteiger partial charge is 0.345 e. The average Bonchev–Trinajstić information content (AvgIpc) is 2.84. The number of allylic oxidation sites excluding steroid dienone is 2. The van der Waals surface area contributed by atoms with E-state index in [0.29, 0.717) is 23.5 Å². The first kappa shape index (κ1) is 29.0. The minimum Gasteiger partial charge on any atom is -0.345 e. The van der Waals surface area contributed by atoms with Gasteiger partial charge in [0.25, 0.3) is 5.91 Å². The predicted octanol–water partition coefficient (Wildman–Crippen LogP) is 8.85. The third-order valence-electron chi connectivity index (χ3n) is 6.21. The van der Waals surface area contributed by atoms with Crippen LogP contribution in [-0.2, 0) is 6.42 Å². The Kier molecular flexibility index (Phi) is 11.0. The molecule has 3 rings (SSSR count). The van der Waals surface area contributed by atoms with E-state index in [4.69, 9.17) is 0 Å². The summed E-state index contributed by atoms with van der Waals surface area (Å²) in [7, 11) is 0. The van der Waals surface area contributed by atoms with E-state index in [-0.39, 0.29) is 11.9 Å². The average molecular weight is 492 g/mol. The summed E-state index contributed by atoms with van der Waals surface area (Å²) in [6.07, 6.45) is 1.52. The third kappa shape index (κ3) is 8.44. The lowest BCUT2D eigenvalue weighted by Crippen LogP contribution is -2.28. The van der Waals surface area contributed by atoms with Crippen LogP contribution in [0, 0.1) is 24.5 Å². The highest BCUT2D eigenvalue weighted by molar-refractivity contribution is 5.95. The molecule has 0 fully saturated rings. The fraction of sp³-hybridized carbons (Fsp3) is 0.344. The van der Waals surface area contributed by atoms with Crippen LogP contribution in [0.3, 0.4) is 0 Å². The molecule has 4 heteroatoms. The highest BCUT2D eigenvalue weighted by Crippen LogP contribution is 2.24. The fourth-order valence-corrected chi connectivity index (χ4v) is 3.91. The van der Waals surface area contributed by atoms with Gasteiger partial charge in [-0.25, -0.2) is 8.78 Å². The maximum Gasteiger partial charge on any atom is 0.251 e. The molecule has 0 aliphatic heterocycles. The predicted molar refractivity (Wildman–Crippen MR) is 147 cm³/mol. The molecule has 0 heterocycles. The fourth-order valence-electron chi connectivity index (χ4n) is 3.91. The Balaban J connectivity index is 0.000000319. The number of rotatable bonds is 7. The topological polar surface area (TPSA) is 29.1 Å². The molecule has 2 nitrogen and oxygen atoms in total. The van der Waals surface area contributed by atoms with Crippen molar-refractivity contribution in [3.8, 4) is 0 Å². The summed E-state index contributed by atoms with van der Waals surface area (Å²) in [6.45, 7) is 14.5. The van der Waals surface area contributed by atoms with Gasteiger partial charge < -0.3 is 5.32 Å². The first-order valence-corrected chi connectivity index (χ1v) is 12.6. The molecule has 1 N–H and O–H groups in total. The number of hydrogen-bond acceptors (Lipinski definition) is 1. The van der Waals surface area contributed by atoms with E-state index in [1.165, 1.54) is 28.8 Å². The molecule has 0 radical (unpaired) electrons. The normalized spacial score (nSPS) is 11.4. The van der Waals surface area contributed by atoms with Crippen molar-refractivity contribution in [1.29, 1.82) is 0 Å². The summed E-state index contributed by atoms with van der Waals surface area (Å²) in [5.41, 5.74) is 7.29. The summed E-state index contributed by atoms with van der Waals surface area (Å²) in [5, 5.41) is 3.16. The number of carbonyl (C=O) groups excluding carboxylic acids is 1. The highest BCUT2D eigenvalue weighted by Gasteiger charge is 2.15. The van der Waals surface area contributed by atoms with Crippen LogP contribution in [0.25, 0.3) is 5.57 Å². The number of nitrogens with one attached hydrogen (secondary N) is 1. The van der Waals surface area contributed by atoms with Gasteiger partial charge in [0.2, 0.25) is 0 Å². The van der Waals surface area contributed by atoms with E-state index >= 15 is 0 Å². The molecule has 3 aromatic carbocycles. The highest BCUT2D eigenvalue weighted by atomic mass is 19.1. The lowest BCUT2D eigenvalue weighted by atomic mass is 9.96. The van der Waals surface area contributed by atoms with Crippen molar-refractivity contribution >= 4 is 11.5 Å².